The Morgan fingerprint density at radius 3 is 2.00 bits per heavy atom. The molecule has 1 N–H and O–H groups in total. The molecule has 0 aliphatic rings. The molecular formula is C4H13NOSr. The smallest absolute Gasteiger partial charge is 1.00 e. The van der Waals surface area contributed by atoms with Crippen molar-refractivity contribution in [2.75, 3.05) is 27.2 Å². The molecule has 0 aromatic heterocycles. The van der Waals surface area contributed by atoms with Gasteiger partial charge in [0.2, 0.25) is 0 Å². The summed E-state index contributed by atoms with van der Waals surface area (Å²) in [6.07, 6.45) is 0. The summed E-state index contributed by atoms with van der Waals surface area (Å²) in [6.45, 7) is 1.02. The molecule has 0 atom stereocenters. The van der Waals surface area contributed by atoms with Gasteiger partial charge in [0.25, 0.3) is 0 Å². The van der Waals surface area contributed by atoms with Crippen LogP contribution in [0.25, 0.3) is 0 Å². The average Bonchev–Trinajstić information content (AvgIpc) is 1.35. The Kier molecular flexibility index (Phi) is 11.9. The number of rotatable bonds is 2. The van der Waals surface area contributed by atoms with Crippen LogP contribution in [0.1, 0.15) is 2.85 Å². The van der Waals surface area contributed by atoms with E-state index in [4.69, 9.17) is 5.11 Å². The van der Waals surface area contributed by atoms with Gasteiger partial charge in [0.1, 0.15) is 0 Å². The van der Waals surface area contributed by atoms with E-state index in [9.17, 15) is 0 Å². The second-order valence-electron chi connectivity index (χ2n) is 1.53. The number of aliphatic hydroxyl groups excluding tert-OH is 1. The van der Waals surface area contributed by atoms with Crippen molar-refractivity contribution < 1.29 is 7.96 Å². The van der Waals surface area contributed by atoms with Crippen molar-refractivity contribution in [1.82, 2.24) is 4.90 Å². The molecule has 0 unspecified atom stereocenters. The summed E-state index contributed by atoms with van der Waals surface area (Å²) in [5.74, 6) is 0. The molecule has 0 radical (unpaired) electrons. The Hall–Kier alpha value is 1.40. The van der Waals surface area contributed by atoms with Gasteiger partial charge in [0.05, 0.1) is 6.61 Å². The molecule has 0 fully saturated rings. The van der Waals surface area contributed by atoms with Crippen LogP contribution in [0.2, 0.25) is 0 Å². The van der Waals surface area contributed by atoms with Crippen molar-refractivity contribution in [3.63, 3.8) is 0 Å². The normalized spacial score (nSPS) is 8.57. The molecule has 0 amide bonds. The zero-order valence-corrected chi connectivity index (χ0v) is 8.49. The fourth-order valence-corrected chi connectivity index (χ4v) is 0.200. The van der Waals surface area contributed by atoms with Crippen LogP contribution in [0.5, 0.6) is 0 Å². The van der Waals surface area contributed by atoms with Gasteiger partial charge in [-0.1, -0.05) is 0 Å². The second kappa shape index (κ2) is 7.40. The topological polar surface area (TPSA) is 23.5 Å². The van der Waals surface area contributed by atoms with Gasteiger partial charge in [-0.3, -0.25) is 0 Å². The molecule has 3 heteroatoms. The molecule has 0 bridgehead atoms. The number of hydrogen-bond acceptors (Lipinski definition) is 2. The Labute approximate surface area is 84.7 Å². The summed E-state index contributed by atoms with van der Waals surface area (Å²) in [5, 5.41) is 8.20. The van der Waals surface area contributed by atoms with E-state index in [-0.39, 0.29) is 54.9 Å². The first-order valence-electron chi connectivity index (χ1n) is 2.03. The van der Waals surface area contributed by atoms with E-state index < -0.39 is 0 Å². The minimum atomic E-state index is 0. The third kappa shape index (κ3) is 11.1. The maximum atomic E-state index is 8.20. The number of hydrogen-bond donors (Lipinski definition) is 1. The van der Waals surface area contributed by atoms with E-state index in [0.29, 0.717) is 0 Å². The molecule has 0 rings (SSSR count). The standard InChI is InChI=1S/C4H11NO.Sr.2H/c1-5(2)3-4-6;;;/h6H,3-4H2,1-2H3;;;/q;+2;2*-1. The Morgan fingerprint density at radius 1 is 1.57 bits per heavy atom. The van der Waals surface area contributed by atoms with Crippen LogP contribution in [0.4, 0.5) is 0 Å². The predicted octanol–water partition coefficient (Wildman–Crippen LogP) is -0.616. The maximum Gasteiger partial charge on any atom is 2.00 e. The summed E-state index contributed by atoms with van der Waals surface area (Å²) in [4.78, 5) is 1.93. The minimum absolute atomic E-state index is 0. The van der Waals surface area contributed by atoms with Gasteiger partial charge in [-0.15, -0.1) is 0 Å². The molecule has 0 spiro atoms. The zero-order valence-electron chi connectivity index (χ0n) is 7.02. The van der Waals surface area contributed by atoms with Crippen LogP contribution in [0.15, 0.2) is 0 Å². The third-order valence-corrected chi connectivity index (χ3v) is 0.547. The van der Waals surface area contributed by atoms with E-state index >= 15 is 0 Å². The van der Waals surface area contributed by atoms with Crippen molar-refractivity contribution in [3.8, 4) is 0 Å². The van der Waals surface area contributed by atoms with E-state index in [1.807, 2.05) is 19.0 Å². The van der Waals surface area contributed by atoms with E-state index in [2.05, 4.69) is 0 Å². The van der Waals surface area contributed by atoms with E-state index in [0.717, 1.165) is 6.54 Å². The van der Waals surface area contributed by atoms with E-state index in [1.165, 1.54) is 0 Å². The molecule has 2 nitrogen and oxygen atoms in total. The number of likely N-dealkylation sites (N-methyl/N-ethyl adjacent to an activating group) is 1. The molecule has 7 heavy (non-hydrogen) atoms. The van der Waals surface area contributed by atoms with Crippen molar-refractivity contribution in [3.05, 3.63) is 0 Å². The minimum Gasteiger partial charge on any atom is -1.00 e. The third-order valence-electron chi connectivity index (χ3n) is 0.547. The summed E-state index contributed by atoms with van der Waals surface area (Å²) >= 11 is 0. The van der Waals surface area contributed by atoms with Gasteiger partial charge in [-0.25, -0.2) is 0 Å². The summed E-state index contributed by atoms with van der Waals surface area (Å²) in [6, 6.07) is 0. The fraction of sp³-hybridized carbons (Fsp3) is 1.00. The monoisotopic (exact) mass is 179 g/mol. The zero-order chi connectivity index (χ0) is 4.99. The largest absolute Gasteiger partial charge is 2.00 e. The molecule has 0 aromatic rings. The predicted molar refractivity (Wildman–Crippen MR) is 33.6 cm³/mol. The van der Waals surface area contributed by atoms with Gasteiger partial charge < -0.3 is 12.9 Å². The maximum absolute atomic E-state index is 8.20. The van der Waals surface area contributed by atoms with Gasteiger partial charge in [-0.05, 0) is 14.1 Å². The van der Waals surface area contributed by atoms with Crippen LogP contribution in [0, 0.1) is 0 Å². The van der Waals surface area contributed by atoms with Crippen molar-refractivity contribution in [2.45, 2.75) is 0 Å². The molecule has 0 aromatic carbocycles. The molecule has 0 saturated heterocycles. The second-order valence-corrected chi connectivity index (χ2v) is 1.53. The first kappa shape index (κ1) is 11.2. The number of aliphatic hydroxyl groups is 1. The molecule has 0 aliphatic heterocycles. The van der Waals surface area contributed by atoms with Crippen molar-refractivity contribution >= 4 is 45.5 Å². The SMILES string of the molecule is CN(C)CCO.[H-].[H-].[Sr+2]. The van der Waals surface area contributed by atoms with Crippen molar-refractivity contribution in [2.24, 2.45) is 0 Å². The first-order chi connectivity index (χ1) is 2.77. The van der Waals surface area contributed by atoms with Crippen LogP contribution in [-0.2, 0) is 0 Å². The number of nitrogens with zero attached hydrogens (tertiary/aromatic N) is 1. The van der Waals surface area contributed by atoms with Gasteiger partial charge in [0.15, 0.2) is 0 Å². The van der Waals surface area contributed by atoms with Crippen LogP contribution < -0.4 is 0 Å². The summed E-state index contributed by atoms with van der Waals surface area (Å²) < 4.78 is 0. The first-order valence-corrected chi connectivity index (χ1v) is 2.03. The van der Waals surface area contributed by atoms with Crippen LogP contribution in [0.3, 0.4) is 0 Å². The quantitative estimate of drug-likeness (QED) is 0.571. The molecule has 0 aliphatic carbocycles. The van der Waals surface area contributed by atoms with Crippen LogP contribution >= 0.6 is 0 Å². The average molecular weight is 179 g/mol. The fourth-order valence-electron chi connectivity index (χ4n) is 0.200. The van der Waals surface area contributed by atoms with Crippen LogP contribution in [-0.4, -0.2) is 82.7 Å². The summed E-state index contributed by atoms with van der Waals surface area (Å²) in [5.41, 5.74) is 0. The Bertz CT molecular complexity index is 39.7. The van der Waals surface area contributed by atoms with Gasteiger partial charge in [-0.2, -0.15) is 0 Å². The Morgan fingerprint density at radius 2 is 2.00 bits per heavy atom. The molecule has 42 valence electrons. The molecule has 0 heterocycles. The Balaban J connectivity index is -0.0000000417. The van der Waals surface area contributed by atoms with E-state index in [1.54, 1.807) is 0 Å². The molecular weight excluding hydrogens is 166 g/mol. The van der Waals surface area contributed by atoms with Crippen molar-refractivity contribution in [1.29, 1.82) is 0 Å². The summed E-state index contributed by atoms with van der Waals surface area (Å²) in [7, 11) is 3.85. The van der Waals surface area contributed by atoms with Gasteiger partial charge in [0, 0.05) is 6.54 Å². The molecule has 0 saturated carbocycles. The van der Waals surface area contributed by atoms with Gasteiger partial charge >= 0.3 is 45.5 Å².